The van der Waals surface area contributed by atoms with E-state index >= 15 is 0 Å². The van der Waals surface area contributed by atoms with Gasteiger partial charge in [-0.25, -0.2) is 13.2 Å². The Morgan fingerprint density at radius 3 is 2.55 bits per heavy atom. The molecule has 3 nitrogen and oxygen atoms in total. The van der Waals surface area contributed by atoms with Gasteiger partial charge in [0.25, 0.3) is 5.91 Å². The summed E-state index contributed by atoms with van der Waals surface area (Å²) in [5.74, 6) is -4.98. The first-order valence-electron chi connectivity index (χ1n) is 5.64. The smallest absolute Gasteiger partial charge is 0.259 e. The Labute approximate surface area is 112 Å². The molecule has 0 aliphatic carbocycles. The van der Waals surface area contributed by atoms with Crippen molar-refractivity contribution in [1.82, 2.24) is 0 Å². The number of benzene rings is 2. The quantitative estimate of drug-likeness (QED) is 0.829. The molecule has 0 fully saturated rings. The second-order valence-electron chi connectivity index (χ2n) is 4.22. The number of amides is 1. The number of hydrogen-bond donors (Lipinski definition) is 2. The van der Waals surface area contributed by atoms with E-state index in [4.69, 9.17) is 0 Å². The molecule has 0 atom stereocenters. The molecule has 0 heterocycles. The summed E-state index contributed by atoms with van der Waals surface area (Å²) in [6.07, 6.45) is 0. The lowest BCUT2D eigenvalue weighted by molar-refractivity contribution is 0.102. The molecule has 0 aliphatic heterocycles. The molecule has 0 saturated carbocycles. The molecule has 0 radical (unpaired) electrons. The van der Waals surface area contributed by atoms with Gasteiger partial charge in [0.15, 0.2) is 11.6 Å². The summed E-state index contributed by atoms with van der Waals surface area (Å²) in [6, 6.07) is 5.28. The Kier molecular flexibility index (Phi) is 3.65. The van der Waals surface area contributed by atoms with Crippen LogP contribution in [0.3, 0.4) is 0 Å². The van der Waals surface area contributed by atoms with Crippen LogP contribution >= 0.6 is 0 Å². The van der Waals surface area contributed by atoms with Crippen LogP contribution < -0.4 is 5.32 Å². The first-order valence-corrected chi connectivity index (χ1v) is 5.64. The number of nitrogens with one attached hydrogen (secondary N) is 1. The maximum absolute atomic E-state index is 13.4. The fourth-order valence-electron chi connectivity index (χ4n) is 1.67. The van der Waals surface area contributed by atoms with Gasteiger partial charge in [0.05, 0.1) is 11.3 Å². The van der Waals surface area contributed by atoms with Gasteiger partial charge in [0, 0.05) is 12.1 Å². The lowest BCUT2D eigenvalue weighted by Gasteiger charge is -2.09. The molecule has 0 aliphatic rings. The van der Waals surface area contributed by atoms with Crippen LogP contribution in [0.1, 0.15) is 15.9 Å². The van der Waals surface area contributed by atoms with Gasteiger partial charge in [-0.1, -0.05) is 11.6 Å². The molecule has 6 heteroatoms. The lowest BCUT2D eigenvalue weighted by Crippen LogP contribution is -2.14. The van der Waals surface area contributed by atoms with Crippen LogP contribution in [-0.4, -0.2) is 11.0 Å². The summed E-state index contributed by atoms with van der Waals surface area (Å²) < 4.78 is 39.4. The minimum atomic E-state index is -1.41. The monoisotopic (exact) mass is 281 g/mol. The largest absolute Gasteiger partial charge is 0.507 e. The molecule has 104 valence electrons. The molecular formula is C14H10F3NO2. The van der Waals surface area contributed by atoms with E-state index in [9.17, 15) is 23.1 Å². The zero-order valence-corrected chi connectivity index (χ0v) is 10.4. The zero-order valence-electron chi connectivity index (χ0n) is 10.4. The number of rotatable bonds is 2. The second kappa shape index (κ2) is 5.24. The Morgan fingerprint density at radius 2 is 1.85 bits per heavy atom. The molecule has 0 aromatic heterocycles. The van der Waals surface area contributed by atoms with Crippen molar-refractivity contribution in [3.63, 3.8) is 0 Å². The molecule has 0 saturated heterocycles. The third-order valence-electron chi connectivity index (χ3n) is 2.64. The molecule has 0 unspecified atom stereocenters. The fraction of sp³-hybridized carbons (Fsp3) is 0.0714. The molecule has 1 amide bonds. The van der Waals surface area contributed by atoms with E-state index in [0.29, 0.717) is 17.7 Å². The lowest BCUT2D eigenvalue weighted by atomic mass is 10.1. The number of phenolic OH excluding ortho intramolecular Hbond substituents is 1. The number of aromatic hydroxyl groups is 1. The average molecular weight is 281 g/mol. The second-order valence-corrected chi connectivity index (χ2v) is 4.22. The van der Waals surface area contributed by atoms with E-state index in [2.05, 4.69) is 0 Å². The Morgan fingerprint density at radius 1 is 1.15 bits per heavy atom. The number of hydrogen-bond acceptors (Lipinski definition) is 2. The maximum Gasteiger partial charge on any atom is 0.259 e. The standard InChI is InChI=1S/C14H10F3NO2/c1-7-2-3-12(19)9(4-7)14(20)18-11-6-8(15)5-10(16)13(11)17/h2-6,19H,1H3,(H,18,20). The number of carbonyl (C=O) groups excluding carboxylic acids is 1. The highest BCUT2D eigenvalue weighted by atomic mass is 19.2. The van der Waals surface area contributed by atoms with E-state index in [1.54, 1.807) is 13.0 Å². The highest BCUT2D eigenvalue weighted by Gasteiger charge is 2.16. The first kappa shape index (κ1) is 13.9. The summed E-state index contributed by atoms with van der Waals surface area (Å²) in [5, 5.41) is 11.6. The van der Waals surface area contributed by atoms with Crippen LogP contribution in [0, 0.1) is 24.4 Å². The molecule has 2 aromatic rings. The fourth-order valence-corrected chi connectivity index (χ4v) is 1.67. The van der Waals surface area contributed by atoms with Crippen molar-refractivity contribution in [3.05, 3.63) is 58.9 Å². The Bertz CT molecular complexity index is 686. The van der Waals surface area contributed by atoms with Crippen LogP contribution in [0.25, 0.3) is 0 Å². The number of halogens is 3. The average Bonchev–Trinajstić information content (AvgIpc) is 2.38. The van der Waals surface area contributed by atoms with E-state index in [1.165, 1.54) is 12.1 Å². The van der Waals surface area contributed by atoms with E-state index in [-0.39, 0.29) is 11.3 Å². The molecule has 0 bridgehead atoms. The van der Waals surface area contributed by atoms with E-state index in [1.807, 2.05) is 5.32 Å². The van der Waals surface area contributed by atoms with Gasteiger partial charge in [-0.15, -0.1) is 0 Å². The van der Waals surface area contributed by atoms with Crippen LogP contribution in [0.15, 0.2) is 30.3 Å². The highest BCUT2D eigenvalue weighted by molar-refractivity contribution is 6.06. The van der Waals surface area contributed by atoms with Gasteiger partial charge in [-0.2, -0.15) is 0 Å². The van der Waals surface area contributed by atoms with Crippen molar-refractivity contribution in [1.29, 1.82) is 0 Å². The normalized spacial score (nSPS) is 10.4. The molecular weight excluding hydrogens is 271 g/mol. The number of carbonyl (C=O) groups is 1. The minimum Gasteiger partial charge on any atom is -0.507 e. The van der Waals surface area contributed by atoms with Crippen molar-refractivity contribution in [2.45, 2.75) is 6.92 Å². The first-order chi connectivity index (χ1) is 9.38. The van der Waals surface area contributed by atoms with Crippen LogP contribution in [0.2, 0.25) is 0 Å². The van der Waals surface area contributed by atoms with Crippen molar-refractivity contribution in [2.24, 2.45) is 0 Å². The molecule has 2 rings (SSSR count). The van der Waals surface area contributed by atoms with Crippen molar-refractivity contribution < 1.29 is 23.1 Å². The maximum atomic E-state index is 13.4. The molecule has 2 aromatic carbocycles. The van der Waals surface area contributed by atoms with E-state index < -0.39 is 29.0 Å². The summed E-state index contributed by atoms with van der Waals surface area (Å²) in [5.41, 5.74) is -0.0543. The van der Waals surface area contributed by atoms with Gasteiger partial charge < -0.3 is 10.4 Å². The minimum absolute atomic E-state index is 0.117. The zero-order chi connectivity index (χ0) is 14.9. The van der Waals surface area contributed by atoms with Gasteiger partial charge >= 0.3 is 0 Å². The van der Waals surface area contributed by atoms with Gasteiger partial charge in [-0.05, 0) is 19.1 Å². The SMILES string of the molecule is Cc1ccc(O)c(C(=O)Nc2cc(F)cc(F)c2F)c1. The van der Waals surface area contributed by atoms with Crippen molar-refractivity contribution in [3.8, 4) is 5.75 Å². The summed E-state index contributed by atoms with van der Waals surface area (Å²) in [4.78, 5) is 11.9. The Hall–Kier alpha value is -2.50. The van der Waals surface area contributed by atoms with Crippen molar-refractivity contribution >= 4 is 11.6 Å². The van der Waals surface area contributed by atoms with Crippen molar-refractivity contribution in [2.75, 3.05) is 5.32 Å². The number of phenols is 1. The van der Waals surface area contributed by atoms with Crippen LogP contribution in [-0.2, 0) is 0 Å². The predicted molar refractivity (Wildman–Crippen MR) is 67.1 cm³/mol. The molecule has 2 N–H and O–H groups in total. The summed E-state index contributed by atoms with van der Waals surface area (Å²) in [7, 11) is 0. The predicted octanol–water partition coefficient (Wildman–Crippen LogP) is 3.37. The number of aryl methyl sites for hydroxylation is 1. The van der Waals surface area contributed by atoms with E-state index in [0.717, 1.165) is 0 Å². The topological polar surface area (TPSA) is 49.3 Å². The van der Waals surface area contributed by atoms with Gasteiger partial charge in [-0.3, -0.25) is 4.79 Å². The third-order valence-corrected chi connectivity index (χ3v) is 2.64. The van der Waals surface area contributed by atoms with Gasteiger partial charge in [0.2, 0.25) is 0 Å². The summed E-state index contributed by atoms with van der Waals surface area (Å²) in [6.45, 7) is 1.69. The third kappa shape index (κ3) is 2.74. The highest BCUT2D eigenvalue weighted by Crippen LogP contribution is 2.23. The van der Waals surface area contributed by atoms with Gasteiger partial charge in [0.1, 0.15) is 11.6 Å². The summed E-state index contributed by atoms with van der Waals surface area (Å²) >= 11 is 0. The molecule has 20 heavy (non-hydrogen) atoms. The number of anilines is 1. The van der Waals surface area contributed by atoms with Crippen LogP contribution in [0.4, 0.5) is 18.9 Å². The van der Waals surface area contributed by atoms with Crippen LogP contribution in [0.5, 0.6) is 5.75 Å². The molecule has 0 spiro atoms. The Balaban J connectivity index is 2.35.